The third-order valence-corrected chi connectivity index (χ3v) is 6.27. The van der Waals surface area contributed by atoms with Gasteiger partial charge in [-0.1, -0.05) is 30.3 Å². The maximum atomic E-state index is 12.7. The second-order valence-corrected chi connectivity index (χ2v) is 7.38. The quantitative estimate of drug-likeness (QED) is 0.870. The first-order valence-electron chi connectivity index (χ1n) is 6.92. The molecule has 1 aliphatic rings. The highest BCUT2D eigenvalue weighted by Crippen LogP contribution is 2.53. The number of sulfone groups is 1. The SMILES string of the molecule is COc1ccc([C@@H]2[C@H](C#N)[C@@H]2S(=O)(=O)c2ccccc2)cc1. The fourth-order valence-electron chi connectivity index (χ4n) is 2.81. The monoisotopic (exact) mass is 313 g/mol. The van der Waals surface area contributed by atoms with Gasteiger partial charge in [0, 0.05) is 5.92 Å². The van der Waals surface area contributed by atoms with E-state index in [0.29, 0.717) is 5.75 Å². The van der Waals surface area contributed by atoms with Crippen molar-refractivity contribution in [3.05, 3.63) is 60.2 Å². The van der Waals surface area contributed by atoms with Crippen LogP contribution in [0.25, 0.3) is 0 Å². The minimum atomic E-state index is -3.49. The molecule has 2 aromatic carbocycles. The lowest BCUT2D eigenvalue weighted by atomic mass is 10.1. The molecular formula is C17H15NO3S. The topological polar surface area (TPSA) is 67.2 Å². The average molecular weight is 313 g/mol. The summed E-state index contributed by atoms with van der Waals surface area (Å²) in [5, 5.41) is 8.61. The minimum Gasteiger partial charge on any atom is -0.497 e. The van der Waals surface area contributed by atoms with Crippen LogP contribution >= 0.6 is 0 Å². The molecule has 0 radical (unpaired) electrons. The third kappa shape index (κ3) is 2.36. The highest BCUT2D eigenvalue weighted by Gasteiger charge is 2.59. The molecule has 2 aromatic rings. The molecule has 0 aliphatic heterocycles. The van der Waals surface area contributed by atoms with E-state index in [0.717, 1.165) is 5.56 Å². The molecule has 3 atom stereocenters. The second kappa shape index (κ2) is 5.47. The molecule has 0 unspecified atom stereocenters. The first kappa shape index (κ1) is 14.6. The first-order chi connectivity index (χ1) is 10.6. The number of hydrogen-bond donors (Lipinski definition) is 0. The number of rotatable bonds is 4. The number of nitriles is 1. The van der Waals surface area contributed by atoms with Crippen molar-refractivity contribution in [2.45, 2.75) is 16.1 Å². The molecule has 1 aliphatic carbocycles. The smallest absolute Gasteiger partial charge is 0.183 e. The predicted octanol–water partition coefficient (Wildman–Crippen LogP) is 2.77. The zero-order valence-corrected chi connectivity index (χ0v) is 12.8. The highest BCUT2D eigenvalue weighted by molar-refractivity contribution is 7.92. The molecule has 0 N–H and O–H groups in total. The summed E-state index contributed by atoms with van der Waals surface area (Å²) in [6.07, 6.45) is 0. The summed E-state index contributed by atoms with van der Waals surface area (Å²) in [4.78, 5) is 0.274. The fraction of sp³-hybridized carbons (Fsp3) is 0.235. The summed E-state index contributed by atoms with van der Waals surface area (Å²) in [7, 11) is -1.92. The van der Waals surface area contributed by atoms with Crippen LogP contribution in [-0.2, 0) is 9.84 Å². The van der Waals surface area contributed by atoms with Crippen LogP contribution in [-0.4, -0.2) is 20.8 Å². The van der Waals surface area contributed by atoms with Crippen LogP contribution in [0.15, 0.2) is 59.5 Å². The molecule has 0 heterocycles. The molecule has 3 rings (SSSR count). The molecule has 112 valence electrons. The number of ether oxygens (including phenoxy) is 1. The molecule has 22 heavy (non-hydrogen) atoms. The Labute approximate surface area is 129 Å². The van der Waals surface area contributed by atoms with Gasteiger partial charge in [-0.25, -0.2) is 8.42 Å². The van der Waals surface area contributed by atoms with E-state index in [2.05, 4.69) is 6.07 Å². The highest BCUT2D eigenvalue weighted by atomic mass is 32.2. The lowest BCUT2D eigenvalue weighted by Crippen LogP contribution is -2.10. The predicted molar refractivity (Wildman–Crippen MR) is 82.3 cm³/mol. The standard InChI is InChI=1S/C17H15NO3S/c1-21-13-9-7-12(8-10-13)16-15(11-18)17(16)22(19,20)14-5-3-2-4-6-14/h2-10,15-17H,1H3/t15-,16+,17-/m0/s1. The summed E-state index contributed by atoms with van der Waals surface area (Å²) in [5.41, 5.74) is 0.858. The Morgan fingerprint density at radius 2 is 1.68 bits per heavy atom. The summed E-state index contributed by atoms with van der Waals surface area (Å²) >= 11 is 0. The Hall–Kier alpha value is -2.32. The van der Waals surface area contributed by atoms with Crippen molar-refractivity contribution >= 4 is 9.84 Å². The van der Waals surface area contributed by atoms with Crippen molar-refractivity contribution in [1.82, 2.24) is 0 Å². The molecule has 1 fully saturated rings. The van der Waals surface area contributed by atoms with Crippen molar-refractivity contribution in [3.8, 4) is 11.8 Å². The van der Waals surface area contributed by atoms with Crippen molar-refractivity contribution < 1.29 is 13.2 Å². The first-order valence-corrected chi connectivity index (χ1v) is 8.46. The van der Waals surface area contributed by atoms with Gasteiger partial charge in [-0.2, -0.15) is 5.26 Å². The van der Waals surface area contributed by atoms with E-state index >= 15 is 0 Å². The molecule has 0 amide bonds. The number of benzene rings is 2. The fourth-order valence-corrected chi connectivity index (χ4v) is 4.90. The van der Waals surface area contributed by atoms with Crippen LogP contribution in [0.4, 0.5) is 0 Å². The van der Waals surface area contributed by atoms with Crippen LogP contribution < -0.4 is 4.74 Å². The van der Waals surface area contributed by atoms with Crippen LogP contribution in [0.3, 0.4) is 0 Å². The van der Waals surface area contributed by atoms with Crippen molar-refractivity contribution in [1.29, 1.82) is 5.26 Å². The van der Waals surface area contributed by atoms with E-state index in [-0.39, 0.29) is 10.8 Å². The van der Waals surface area contributed by atoms with Gasteiger partial charge in [0.1, 0.15) is 5.75 Å². The van der Waals surface area contributed by atoms with Crippen molar-refractivity contribution in [3.63, 3.8) is 0 Å². The molecule has 5 heteroatoms. The van der Waals surface area contributed by atoms with Gasteiger partial charge >= 0.3 is 0 Å². The Morgan fingerprint density at radius 3 is 2.23 bits per heavy atom. The largest absolute Gasteiger partial charge is 0.497 e. The van der Waals surface area contributed by atoms with Gasteiger partial charge in [-0.3, -0.25) is 0 Å². The Bertz CT molecular complexity index is 807. The molecular weight excluding hydrogens is 298 g/mol. The zero-order valence-electron chi connectivity index (χ0n) is 12.0. The van der Waals surface area contributed by atoms with Gasteiger partial charge in [0.05, 0.1) is 29.2 Å². The van der Waals surface area contributed by atoms with Gasteiger partial charge in [-0.15, -0.1) is 0 Å². The molecule has 4 nitrogen and oxygen atoms in total. The lowest BCUT2D eigenvalue weighted by Gasteiger charge is -2.04. The van der Waals surface area contributed by atoms with Crippen LogP contribution in [0, 0.1) is 17.2 Å². The van der Waals surface area contributed by atoms with Gasteiger partial charge in [-0.05, 0) is 29.8 Å². The summed E-state index contributed by atoms with van der Waals surface area (Å²) in [6.45, 7) is 0. The number of methoxy groups -OCH3 is 1. The van der Waals surface area contributed by atoms with Gasteiger partial charge in [0.2, 0.25) is 0 Å². The van der Waals surface area contributed by atoms with E-state index in [4.69, 9.17) is 4.74 Å². The van der Waals surface area contributed by atoms with Crippen LogP contribution in [0.5, 0.6) is 5.75 Å². The van der Waals surface area contributed by atoms with Crippen molar-refractivity contribution in [2.75, 3.05) is 7.11 Å². The van der Waals surface area contributed by atoms with E-state index in [9.17, 15) is 13.7 Å². The van der Waals surface area contributed by atoms with Gasteiger partial charge < -0.3 is 4.74 Å². The number of nitrogens with zero attached hydrogens (tertiary/aromatic N) is 1. The summed E-state index contributed by atoms with van der Waals surface area (Å²) < 4.78 is 30.5. The van der Waals surface area contributed by atoms with Crippen LogP contribution in [0.2, 0.25) is 0 Å². The molecule has 1 saturated carbocycles. The van der Waals surface area contributed by atoms with Gasteiger partial charge in [0.15, 0.2) is 9.84 Å². The van der Waals surface area contributed by atoms with E-state index in [1.165, 1.54) is 0 Å². The molecule has 0 spiro atoms. The Morgan fingerprint density at radius 1 is 1.05 bits per heavy atom. The Balaban J connectivity index is 1.93. The Kier molecular flexibility index (Phi) is 3.63. The normalized spacial score (nSPS) is 23.5. The van der Waals surface area contributed by atoms with E-state index in [1.807, 2.05) is 12.1 Å². The van der Waals surface area contributed by atoms with Crippen LogP contribution in [0.1, 0.15) is 11.5 Å². The van der Waals surface area contributed by atoms with Crippen molar-refractivity contribution in [2.24, 2.45) is 5.92 Å². The summed E-state index contributed by atoms with van der Waals surface area (Å²) in [6, 6.07) is 17.7. The average Bonchev–Trinajstić information content (AvgIpc) is 3.31. The second-order valence-electron chi connectivity index (χ2n) is 5.28. The maximum Gasteiger partial charge on any atom is 0.183 e. The zero-order chi connectivity index (χ0) is 15.7. The molecule has 0 aromatic heterocycles. The lowest BCUT2D eigenvalue weighted by molar-refractivity contribution is 0.414. The van der Waals surface area contributed by atoms with Gasteiger partial charge in [0.25, 0.3) is 0 Å². The molecule has 0 saturated heterocycles. The third-order valence-electron chi connectivity index (χ3n) is 4.03. The minimum absolute atomic E-state index is 0.274. The molecule has 0 bridgehead atoms. The van der Waals surface area contributed by atoms with E-state index < -0.39 is 21.0 Å². The summed E-state index contributed by atoms with van der Waals surface area (Å²) in [5.74, 6) is -0.0694. The maximum absolute atomic E-state index is 12.7. The number of hydrogen-bond acceptors (Lipinski definition) is 4. The van der Waals surface area contributed by atoms with E-state index in [1.54, 1.807) is 49.6 Å².